The van der Waals surface area contributed by atoms with Crippen LogP contribution in [-0.4, -0.2) is 48.9 Å². The number of benzene rings is 1. The van der Waals surface area contributed by atoms with Crippen LogP contribution in [0.25, 0.3) is 0 Å². The maximum absolute atomic E-state index is 12.1. The van der Waals surface area contributed by atoms with E-state index in [0.29, 0.717) is 6.54 Å². The van der Waals surface area contributed by atoms with Gasteiger partial charge in [-0.2, -0.15) is 0 Å². The second-order valence-corrected chi connectivity index (χ2v) is 6.41. The molecule has 0 spiro atoms. The van der Waals surface area contributed by atoms with E-state index in [1.165, 1.54) is 0 Å². The molecule has 1 saturated heterocycles. The summed E-state index contributed by atoms with van der Waals surface area (Å²) < 4.78 is 10.4. The van der Waals surface area contributed by atoms with Crippen molar-refractivity contribution in [1.82, 2.24) is 0 Å². The van der Waals surface area contributed by atoms with Crippen LogP contribution in [0.4, 0.5) is 5.69 Å². The Morgan fingerprint density at radius 2 is 1.96 bits per heavy atom. The SMILES string of the molecule is Cc1ccc(N2CC(C(=O)OCC(O)COC(C)C)CC2=O)cc1. The third-order valence-corrected chi connectivity index (χ3v) is 3.84. The number of carbonyl (C=O) groups is 2. The van der Waals surface area contributed by atoms with Crippen LogP contribution in [0.5, 0.6) is 0 Å². The zero-order valence-corrected chi connectivity index (χ0v) is 14.4. The Hall–Kier alpha value is -1.92. The standard InChI is InChI=1S/C18H25NO5/c1-12(2)23-10-16(20)11-24-18(22)14-8-17(21)19(9-14)15-6-4-13(3)5-7-15/h4-7,12,14,16,20H,8-11H2,1-3H3. The van der Waals surface area contributed by atoms with Crippen molar-refractivity contribution in [2.75, 3.05) is 24.7 Å². The molecule has 2 unspecified atom stereocenters. The van der Waals surface area contributed by atoms with Crippen LogP contribution in [0.15, 0.2) is 24.3 Å². The average Bonchev–Trinajstić information content (AvgIpc) is 2.93. The van der Waals surface area contributed by atoms with Gasteiger partial charge in [0, 0.05) is 18.7 Å². The fourth-order valence-corrected chi connectivity index (χ4v) is 2.49. The molecule has 2 rings (SSSR count). The van der Waals surface area contributed by atoms with Crippen molar-refractivity contribution in [1.29, 1.82) is 0 Å². The number of rotatable bonds is 7. The normalized spacial score (nSPS) is 19.0. The number of aliphatic hydroxyl groups excluding tert-OH is 1. The van der Waals surface area contributed by atoms with E-state index in [0.717, 1.165) is 11.3 Å². The third kappa shape index (κ3) is 5.04. The Morgan fingerprint density at radius 1 is 1.29 bits per heavy atom. The van der Waals surface area contributed by atoms with Crippen LogP contribution < -0.4 is 4.90 Å². The lowest BCUT2D eigenvalue weighted by molar-refractivity contribution is -0.152. The molecule has 1 aliphatic heterocycles. The zero-order valence-electron chi connectivity index (χ0n) is 14.4. The van der Waals surface area contributed by atoms with E-state index >= 15 is 0 Å². The molecule has 1 aliphatic rings. The van der Waals surface area contributed by atoms with Gasteiger partial charge in [0.05, 0.1) is 18.6 Å². The fraction of sp³-hybridized carbons (Fsp3) is 0.556. The van der Waals surface area contributed by atoms with Crippen molar-refractivity contribution in [2.24, 2.45) is 5.92 Å². The monoisotopic (exact) mass is 335 g/mol. The summed E-state index contributed by atoms with van der Waals surface area (Å²) in [4.78, 5) is 25.9. The molecular weight excluding hydrogens is 310 g/mol. The van der Waals surface area contributed by atoms with Gasteiger partial charge in [-0.15, -0.1) is 0 Å². The average molecular weight is 335 g/mol. The van der Waals surface area contributed by atoms with E-state index in [9.17, 15) is 14.7 Å². The highest BCUT2D eigenvalue weighted by Crippen LogP contribution is 2.26. The Bertz CT molecular complexity index is 569. The number of amides is 1. The van der Waals surface area contributed by atoms with Crippen molar-refractivity contribution in [3.63, 3.8) is 0 Å². The molecule has 0 aromatic heterocycles. The number of hydrogen-bond donors (Lipinski definition) is 1. The lowest BCUT2D eigenvalue weighted by Gasteiger charge is -2.17. The van der Waals surface area contributed by atoms with Crippen molar-refractivity contribution < 1.29 is 24.2 Å². The van der Waals surface area contributed by atoms with Crippen LogP contribution >= 0.6 is 0 Å². The molecule has 24 heavy (non-hydrogen) atoms. The van der Waals surface area contributed by atoms with E-state index < -0.39 is 18.0 Å². The second kappa shape index (κ2) is 8.26. The van der Waals surface area contributed by atoms with Crippen LogP contribution in [0.3, 0.4) is 0 Å². The predicted octanol–water partition coefficient (Wildman–Crippen LogP) is 1.68. The van der Waals surface area contributed by atoms with Gasteiger partial charge in [-0.25, -0.2) is 0 Å². The van der Waals surface area contributed by atoms with Gasteiger partial charge in [0.1, 0.15) is 12.7 Å². The highest BCUT2D eigenvalue weighted by Gasteiger charge is 2.36. The Morgan fingerprint density at radius 3 is 2.58 bits per heavy atom. The summed E-state index contributed by atoms with van der Waals surface area (Å²) in [5.41, 5.74) is 1.89. The predicted molar refractivity (Wildman–Crippen MR) is 89.7 cm³/mol. The summed E-state index contributed by atoms with van der Waals surface area (Å²) in [5.74, 6) is -1.05. The molecule has 0 aliphatic carbocycles. The van der Waals surface area contributed by atoms with E-state index in [-0.39, 0.29) is 31.6 Å². The molecule has 1 N–H and O–H groups in total. The first-order chi connectivity index (χ1) is 11.4. The van der Waals surface area contributed by atoms with Gasteiger partial charge in [0.2, 0.25) is 5.91 Å². The number of hydrogen-bond acceptors (Lipinski definition) is 5. The Labute approximate surface area is 142 Å². The summed E-state index contributed by atoms with van der Waals surface area (Å²) in [6.45, 7) is 6.00. The first-order valence-corrected chi connectivity index (χ1v) is 8.20. The van der Waals surface area contributed by atoms with Crippen molar-refractivity contribution in [3.05, 3.63) is 29.8 Å². The quantitative estimate of drug-likeness (QED) is 0.767. The molecule has 6 heteroatoms. The maximum atomic E-state index is 12.1. The van der Waals surface area contributed by atoms with Crippen LogP contribution in [-0.2, 0) is 19.1 Å². The van der Waals surface area contributed by atoms with Crippen LogP contribution in [0.2, 0.25) is 0 Å². The summed E-state index contributed by atoms with van der Waals surface area (Å²) in [5, 5.41) is 9.72. The van der Waals surface area contributed by atoms with E-state index in [1.807, 2.05) is 45.0 Å². The molecular formula is C18H25NO5. The van der Waals surface area contributed by atoms with Gasteiger partial charge in [-0.05, 0) is 32.9 Å². The first-order valence-electron chi connectivity index (χ1n) is 8.20. The number of carbonyl (C=O) groups excluding carboxylic acids is 2. The van der Waals surface area contributed by atoms with Crippen molar-refractivity contribution >= 4 is 17.6 Å². The molecule has 6 nitrogen and oxygen atoms in total. The van der Waals surface area contributed by atoms with Crippen molar-refractivity contribution in [3.8, 4) is 0 Å². The van der Waals surface area contributed by atoms with Gasteiger partial charge in [-0.1, -0.05) is 17.7 Å². The molecule has 1 aromatic carbocycles. The van der Waals surface area contributed by atoms with Crippen LogP contribution in [0.1, 0.15) is 25.8 Å². The van der Waals surface area contributed by atoms with Crippen LogP contribution in [0, 0.1) is 12.8 Å². The lowest BCUT2D eigenvalue weighted by atomic mass is 10.1. The number of aliphatic hydroxyl groups is 1. The number of aryl methyl sites for hydroxylation is 1. The minimum Gasteiger partial charge on any atom is -0.463 e. The first kappa shape index (κ1) is 18.4. The van der Waals surface area contributed by atoms with Gasteiger partial charge in [0.15, 0.2) is 0 Å². The zero-order chi connectivity index (χ0) is 17.7. The minimum absolute atomic E-state index is 0.00544. The second-order valence-electron chi connectivity index (χ2n) is 6.41. The number of esters is 1. The van der Waals surface area contributed by atoms with E-state index in [1.54, 1.807) is 4.90 Å². The number of ether oxygens (including phenoxy) is 2. The van der Waals surface area contributed by atoms with E-state index in [2.05, 4.69) is 0 Å². The highest BCUT2D eigenvalue weighted by molar-refractivity contribution is 5.99. The summed E-state index contributed by atoms with van der Waals surface area (Å²) in [6.07, 6.45) is -0.724. The van der Waals surface area contributed by atoms with E-state index in [4.69, 9.17) is 9.47 Å². The largest absolute Gasteiger partial charge is 0.463 e. The van der Waals surface area contributed by atoms with Gasteiger partial charge < -0.3 is 19.5 Å². The number of nitrogens with zero attached hydrogens (tertiary/aromatic N) is 1. The molecule has 0 saturated carbocycles. The Balaban J connectivity index is 1.84. The smallest absolute Gasteiger partial charge is 0.311 e. The summed E-state index contributed by atoms with van der Waals surface area (Å²) in [7, 11) is 0. The molecule has 1 aromatic rings. The number of anilines is 1. The molecule has 1 heterocycles. The molecule has 2 atom stereocenters. The molecule has 1 amide bonds. The summed E-state index contributed by atoms with van der Waals surface area (Å²) >= 11 is 0. The van der Waals surface area contributed by atoms with Gasteiger partial charge in [0.25, 0.3) is 0 Å². The van der Waals surface area contributed by atoms with Gasteiger partial charge >= 0.3 is 5.97 Å². The Kier molecular flexibility index (Phi) is 6.34. The molecule has 1 fully saturated rings. The summed E-state index contributed by atoms with van der Waals surface area (Å²) in [6, 6.07) is 7.60. The molecule has 132 valence electrons. The highest BCUT2D eigenvalue weighted by atomic mass is 16.5. The fourth-order valence-electron chi connectivity index (χ4n) is 2.49. The van der Waals surface area contributed by atoms with Crippen molar-refractivity contribution in [2.45, 2.75) is 39.4 Å². The third-order valence-electron chi connectivity index (χ3n) is 3.84. The van der Waals surface area contributed by atoms with Gasteiger partial charge in [-0.3, -0.25) is 9.59 Å². The minimum atomic E-state index is -0.860. The molecule has 0 radical (unpaired) electrons. The maximum Gasteiger partial charge on any atom is 0.311 e. The lowest BCUT2D eigenvalue weighted by Crippen LogP contribution is -2.29. The molecule has 0 bridgehead atoms. The topological polar surface area (TPSA) is 76.1 Å².